The second kappa shape index (κ2) is 5.61. The zero-order chi connectivity index (χ0) is 15.0. The fourth-order valence-electron chi connectivity index (χ4n) is 2.69. The van der Waals surface area contributed by atoms with Gasteiger partial charge in [-0.05, 0) is 18.9 Å². The minimum absolute atomic E-state index is 0.102. The van der Waals surface area contributed by atoms with Crippen LogP contribution in [0.25, 0.3) is 0 Å². The van der Waals surface area contributed by atoms with Crippen LogP contribution in [-0.4, -0.2) is 52.9 Å². The molecule has 1 aromatic rings. The molecule has 1 saturated heterocycles. The Balaban J connectivity index is 1.69. The maximum atomic E-state index is 12.4. The summed E-state index contributed by atoms with van der Waals surface area (Å²) in [6.07, 6.45) is 2.53. The SMILES string of the molecule is O=C(c1ccc([N+](=O)[O-])cc1Cl)N1CCN(C2CC2)CC1. The van der Waals surface area contributed by atoms with Crippen molar-refractivity contribution in [2.24, 2.45) is 0 Å². The van der Waals surface area contributed by atoms with E-state index in [9.17, 15) is 14.9 Å². The van der Waals surface area contributed by atoms with Gasteiger partial charge in [-0.2, -0.15) is 0 Å². The van der Waals surface area contributed by atoms with Crippen molar-refractivity contribution in [3.63, 3.8) is 0 Å². The van der Waals surface area contributed by atoms with Gasteiger partial charge in [-0.15, -0.1) is 0 Å². The number of amides is 1. The molecule has 0 radical (unpaired) electrons. The highest BCUT2D eigenvalue weighted by molar-refractivity contribution is 6.34. The van der Waals surface area contributed by atoms with E-state index in [1.54, 1.807) is 4.90 Å². The van der Waals surface area contributed by atoms with Gasteiger partial charge < -0.3 is 4.90 Å². The van der Waals surface area contributed by atoms with Crippen LogP contribution in [0.1, 0.15) is 23.2 Å². The molecule has 1 aliphatic heterocycles. The molecule has 0 bridgehead atoms. The van der Waals surface area contributed by atoms with Gasteiger partial charge in [0, 0.05) is 44.4 Å². The predicted octanol–water partition coefficient (Wildman–Crippen LogP) is 2.17. The molecular formula is C14H16ClN3O3. The van der Waals surface area contributed by atoms with Gasteiger partial charge in [0.2, 0.25) is 0 Å². The fraction of sp³-hybridized carbons (Fsp3) is 0.500. The van der Waals surface area contributed by atoms with E-state index in [1.807, 2.05) is 0 Å². The van der Waals surface area contributed by atoms with Crippen LogP contribution in [0.2, 0.25) is 5.02 Å². The molecule has 6 nitrogen and oxygen atoms in total. The van der Waals surface area contributed by atoms with Gasteiger partial charge in [-0.3, -0.25) is 19.8 Å². The van der Waals surface area contributed by atoms with Crippen molar-refractivity contribution in [1.82, 2.24) is 9.80 Å². The molecule has 3 rings (SSSR count). The van der Waals surface area contributed by atoms with Crippen LogP contribution in [-0.2, 0) is 0 Å². The number of rotatable bonds is 3. The van der Waals surface area contributed by atoms with Gasteiger partial charge in [0.1, 0.15) is 0 Å². The Morgan fingerprint density at radius 1 is 1.24 bits per heavy atom. The molecule has 1 saturated carbocycles. The molecule has 112 valence electrons. The molecule has 7 heteroatoms. The number of carbonyl (C=O) groups is 1. The Morgan fingerprint density at radius 2 is 1.90 bits per heavy atom. The highest BCUT2D eigenvalue weighted by atomic mass is 35.5. The van der Waals surface area contributed by atoms with Crippen LogP contribution in [0.4, 0.5) is 5.69 Å². The van der Waals surface area contributed by atoms with Crippen LogP contribution >= 0.6 is 11.6 Å². The molecule has 0 aromatic heterocycles. The molecule has 1 aliphatic carbocycles. The first-order valence-corrected chi connectivity index (χ1v) is 7.41. The standard InChI is InChI=1S/C14H16ClN3O3/c15-13-9-11(18(20)21)3-4-12(13)14(19)17-7-5-16(6-8-17)10-1-2-10/h3-4,9-10H,1-2,5-8H2. The second-order valence-electron chi connectivity index (χ2n) is 5.48. The van der Waals surface area contributed by atoms with Crippen LogP contribution in [0.5, 0.6) is 0 Å². The smallest absolute Gasteiger partial charge is 0.270 e. The fourth-order valence-corrected chi connectivity index (χ4v) is 2.95. The second-order valence-corrected chi connectivity index (χ2v) is 5.89. The van der Waals surface area contributed by atoms with Crippen molar-refractivity contribution in [3.8, 4) is 0 Å². The van der Waals surface area contributed by atoms with Crippen LogP contribution in [0, 0.1) is 10.1 Å². The first kappa shape index (κ1) is 14.3. The lowest BCUT2D eigenvalue weighted by molar-refractivity contribution is -0.384. The molecule has 2 fully saturated rings. The van der Waals surface area contributed by atoms with Crippen LogP contribution in [0.15, 0.2) is 18.2 Å². The lowest BCUT2D eigenvalue weighted by Crippen LogP contribution is -2.49. The van der Waals surface area contributed by atoms with E-state index in [4.69, 9.17) is 11.6 Å². The molecule has 21 heavy (non-hydrogen) atoms. The summed E-state index contributed by atoms with van der Waals surface area (Å²) in [4.78, 5) is 26.8. The molecule has 1 aromatic carbocycles. The van der Waals surface area contributed by atoms with Crippen molar-refractivity contribution >= 4 is 23.2 Å². The number of nitrogens with zero attached hydrogens (tertiary/aromatic N) is 3. The van der Waals surface area contributed by atoms with Gasteiger partial charge in [-0.1, -0.05) is 11.6 Å². The largest absolute Gasteiger partial charge is 0.336 e. The minimum atomic E-state index is -0.519. The Bertz CT molecular complexity index is 581. The molecule has 0 spiro atoms. The summed E-state index contributed by atoms with van der Waals surface area (Å²) in [6, 6.07) is 4.70. The maximum Gasteiger partial charge on any atom is 0.270 e. The van der Waals surface area contributed by atoms with Crippen LogP contribution < -0.4 is 0 Å². The third kappa shape index (κ3) is 3.01. The number of hydrogen-bond donors (Lipinski definition) is 0. The van der Waals surface area contributed by atoms with Crippen molar-refractivity contribution in [1.29, 1.82) is 0 Å². The van der Waals surface area contributed by atoms with Gasteiger partial charge in [0.05, 0.1) is 15.5 Å². The third-order valence-corrected chi connectivity index (χ3v) is 4.37. The predicted molar refractivity (Wildman–Crippen MR) is 78.6 cm³/mol. The number of benzene rings is 1. The summed E-state index contributed by atoms with van der Waals surface area (Å²) >= 11 is 6.01. The number of piperazine rings is 1. The van der Waals surface area contributed by atoms with Crippen molar-refractivity contribution < 1.29 is 9.72 Å². The first-order chi connectivity index (χ1) is 10.1. The monoisotopic (exact) mass is 309 g/mol. The third-order valence-electron chi connectivity index (χ3n) is 4.06. The lowest BCUT2D eigenvalue weighted by atomic mass is 10.1. The van der Waals surface area contributed by atoms with Gasteiger partial charge in [0.15, 0.2) is 0 Å². The van der Waals surface area contributed by atoms with E-state index < -0.39 is 4.92 Å². The van der Waals surface area contributed by atoms with Gasteiger partial charge >= 0.3 is 0 Å². The Morgan fingerprint density at radius 3 is 2.43 bits per heavy atom. The highest BCUT2D eigenvalue weighted by Crippen LogP contribution is 2.28. The quantitative estimate of drug-likeness (QED) is 0.634. The average Bonchev–Trinajstić information content (AvgIpc) is 3.31. The molecule has 0 unspecified atom stereocenters. The van der Waals surface area contributed by atoms with Crippen molar-refractivity contribution in [3.05, 3.63) is 38.9 Å². The Hall–Kier alpha value is -1.66. The van der Waals surface area contributed by atoms with Crippen molar-refractivity contribution in [2.75, 3.05) is 26.2 Å². The number of halogens is 1. The first-order valence-electron chi connectivity index (χ1n) is 7.03. The zero-order valence-electron chi connectivity index (χ0n) is 11.5. The number of nitro groups is 1. The summed E-state index contributed by atoms with van der Waals surface area (Å²) in [5.41, 5.74) is 0.234. The van der Waals surface area contributed by atoms with Gasteiger partial charge in [0.25, 0.3) is 11.6 Å². The number of carbonyl (C=O) groups excluding carboxylic acids is 1. The lowest BCUT2D eigenvalue weighted by Gasteiger charge is -2.35. The molecule has 1 amide bonds. The molecule has 2 aliphatic rings. The molecular weight excluding hydrogens is 294 g/mol. The normalized spacial score (nSPS) is 19.6. The summed E-state index contributed by atoms with van der Waals surface area (Å²) in [6.45, 7) is 3.15. The topological polar surface area (TPSA) is 66.7 Å². The number of hydrogen-bond acceptors (Lipinski definition) is 4. The zero-order valence-corrected chi connectivity index (χ0v) is 12.3. The number of nitro benzene ring substituents is 1. The van der Waals surface area contributed by atoms with E-state index in [0.29, 0.717) is 24.7 Å². The van der Waals surface area contributed by atoms with E-state index in [-0.39, 0.29) is 16.6 Å². The Labute approximate surface area is 127 Å². The van der Waals surface area contributed by atoms with E-state index >= 15 is 0 Å². The average molecular weight is 310 g/mol. The summed E-state index contributed by atoms with van der Waals surface area (Å²) < 4.78 is 0. The highest BCUT2D eigenvalue weighted by Gasteiger charge is 2.32. The molecule has 0 N–H and O–H groups in total. The van der Waals surface area contributed by atoms with E-state index in [1.165, 1.54) is 31.0 Å². The summed E-state index contributed by atoms with van der Waals surface area (Å²) in [7, 11) is 0. The molecule has 1 heterocycles. The van der Waals surface area contributed by atoms with E-state index in [2.05, 4.69) is 4.90 Å². The van der Waals surface area contributed by atoms with Gasteiger partial charge in [-0.25, -0.2) is 0 Å². The summed E-state index contributed by atoms with van der Waals surface area (Å²) in [5, 5.41) is 10.8. The van der Waals surface area contributed by atoms with Crippen molar-refractivity contribution in [2.45, 2.75) is 18.9 Å². The van der Waals surface area contributed by atoms with Crippen LogP contribution in [0.3, 0.4) is 0 Å². The minimum Gasteiger partial charge on any atom is -0.336 e. The molecule has 0 atom stereocenters. The summed E-state index contributed by atoms with van der Waals surface area (Å²) in [5.74, 6) is -0.148. The maximum absolute atomic E-state index is 12.4. The van der Waals surface area contributed by atoms with E-state index in [0.717, 1.165) is 13.1 Å². The Kier molecular flexibility index (Phi) is 3.82. The number of non-ortho nitro benzene ring substituents is 1.